The highest BCUT2D eigenvalue weighted by Crippen LogP contribution is 2.28. The van der Waals surface area contributed by atoms with Crippen LogP contribution in [0.5, 0.6) is 17.2 Å². The van der Waals surface area contributed by atoms with Crippen LogP contribution in [-0.2, 0) is 16.4 Å². The van der Waals surface area contributed by atoms with E-state index in [4.69, 9.17) is 25.8 Å². The second-order valence-corrected chi connectivity index (χ2v) is 7.30. The van der Waals surface area contributed by atoms with E-state index in [2.05, 4.69) is 4.72 Å². The molecule has 8 heteroatoms. The summed E-state index contributed by atoms with van der Waals surface area (Å²) in [5.74, 6) is 1.46. The van der Waals surface area contributed by atoms with E-state index in [0.29, 0.717) is 22.9 Å². The predicted molar refractivity (Wildman–Crippen MR) is 96.4 cm³/mol. The summed E-state index contributed by atoms with van der Waals surface area (Å²) in [4.78, 5) is 0.00908. The maximum atomic E-state index is 12.5. The molecule has 0 aliphatic carbocycles. The summed E-state index contributed by atoms with van der Waals surface area (Å²) in [6.45, 7) is 0.216. The summed E-state index contributed by atoms with van der Waals surface area (Å²) in [5, 5.41) is 0.320. The van der Waals surface area contributed by atoms with Crippen LogP contribution < -0.4 is 18.9 Å². The number of ether oxygens (including phenoxy) is 3. The van der Waals surface area contributed by atoms with E-state index >= 15 is 0 Å². The van der Waals surface area contributed by atoms with Gasteiger partial charge < -0.3 is 14.2 Å². The molecule has 0 atom stereocenters. The van der Waals surface area contributed by atoms with Gasteiger partial charge in [-0.1, -0.05) is 17.7 Å². The Hall–Kier alpha value is -1.96. The van der Waals surface area contributed by atoms with Crippen molar-refractivity contribution < 1.29 is 22.6 Å². The smallest absolute Gasteiger partial charge is 0.244 e. The van der Waals surface area contributed by atoms with Gasteiger partial charge in [0.15, 0.2) is 11.5 Å². The molecule has 2 rings (SSSR count). The normalized spacial score (nSPS) is 11.2. The molecule has 0 heterocycles. The zero-order valence-corrected chi connectivity index (χ0v) is 15.8. The van der Waals surface area contributed by atoms with Crippen LogP contribution in [-0.4, -0.2) is 36.3 Å². The molecule has 136 valence electrons. The Balaban J connectivity index is 2.10. The fraction of sp³-hybridized carbons (Fsp3) is 0.294. The first kappa shape index (κ1) is 19.4. The van der Waals surface area contributed by atoms with Gasteiger partial charge in [0.1, 0.15) is 10.6 Å². The lowest BCUT2D eigenvalue weighted by molar-refractivity contribution is 0.354. The summed E-state index contributed by atoms with van der Waals surface area (Å²) in [6.07, 6.45) is 0.489. The molecule has 0 fully saturated rings. The van der Waals surface area contributed by atoms with Crippen LogP contribution in [0.1, 0.15) is 5.56 Å². The summed E-state index contributed by atoms with van der Waals surface area (Å²) in [6, 6.07) is 9.90. The Morgan fingerprint density at radius 2 is 1.56 bits per heavy atom. The molecule has 0 aromatic heterocycles. The molecule has 0 aliphatic heterocycles. The molecular formula is C17H20ClNO5S. The molecule has 0 amide bonds. The maximum Gasteiger partial charge on any atom is 0.244 e. The number of halogens is 1. The van der Waals surface area contributed by atoms with E-state index < -0.39 is 10.0 Å². The van der Waals surface area contributed by atoms with Crippen molar-refractivity contribution in [3.05, 3.63) is 47.0 Å². The van der Waals surface area contributed by atoms with E-state index in [1.807, 2.05) is 12.1 Å². The van der Waals surface area contributed by atoms with Crippen molar-refractivity contribution in [2.45, 2.75) is 11.3 Å². The van der Waals surface area contributed by atoms with Crippen LogP contribution in [0.15, 0.2) is 41.3 Å². The average molecular weight is 386 g/mol. The van der Waals surface area contributed by atoms with Gasteiger partial charge in [0.25, 0.3) is 0 Å². The standard InChI is InChI=1S/C17H20ClNO5S/c1-22-14-6-4-12(10-16(14)24-3)8-9-19-25(20,21)17-11-13(18)5-7-15(17)23-2/h4-7,10-11,19H,8-9H2,1-3H3. The number of methoxy groups -OCH3 is 3. The first-order valence-electron chi connectivity index (χ1n) is 7.45. The lowest BCUT2D eigenvalue weighted by atomic mass is 10.1. The Morgan fingerprint density at radius 3 is 2.20 bits per heavy atom. The molecule has 0 spiro atoms. The molecule has 0 saturated carbocycles. The van der Waals surface area contributed by atoms with Crippen molar-refractivity contribution in [2.75, 3.05) is 27.9 Å². The zero-order valence-electron chi connectivity index (χ0n) is 14.2. The third-order valence-electron chi connectivity index (χ3n) is 3.57. The molecule has 0 radical (unpaired) electrons. The third-order valence-corrected chi connectivity index (χ3v) is 5.29. The quantitative estimate of drug-likeness (QED) is 0.756. The fourth-order valence-electron chi connectivity index (χ4n) is 2.30. The van der Waals surface area contributed by atoms with Gasteiger partial charge in [0.2, 0.25) is 10.0 Å². The SMILES string of the molecule is COc1ccc(CCNS(=O)(=O)c2cc(Cl)ccc2OC)cc1OC. The summed E-state index contributed by atoms with van der Waals surface area (Å²) < 4.78 is 43.0. The minimum atomic E-state index is -3.74. The van der Waals surface area contributed by atoms with Crippen molar-refractivity contribution in [1.82, 2.24) is 4.72 Å². The summed E-state index contributed by atoms with van der Waals surface area (Å²) in [5.41, 5.74) is 0.915. The second-order valence-electron chi connectivity index (χ2n) is 5.13. The maximum absolute atomic E-state index is 12.5. The van der Waals surface area contributed by atoms with E-state index in [1.165, 1.54) is 19.2 Å². The molecule has 0 saturated heterocycles. The molecule has 6 nitrogen and oxygen atoms in total. The van der Waals surface area contributed by atoms with Crippen molar-refractivity contribution >= 4 is 21.6 Å². The van der Waals surface area contributed by atoms with Gasteiger partial charge in [-0.15, -0.1) is 0 Å². The predicted octanol–water partition coefficient (Wildman–Crippen LogP) is 2.89. The van der Waals surface area contributed by atoms with Gasteiger partial charge in [0.05, 0.1) is 21.3 Å². The van der Waals surface area contributed by atoms with Crippen LogP contribution in [0.3, 0.4) is 0 Å². The van der Waals surface area contributed by atoms with Gasteiger partial charge in [-0.3, -0.25) is 0 Å². The van der Waals surface area contributed by atoms with E-state index in [0.717, 1.165) is 5.56 Å². The van der Waals surface area contributed by atoms with Gasteiger partial charge in [-0.2, -0.15) is 0 Å². The molecule has 2 aromatic carbocycles. The first-order chi connectivity index (χ1) is 11.9. The van der Waals surface area contributed by atoms with Crippen molar-refractivity contribution in [1.29, 1.82) is 0 Å². The number of benzene rings is 2. The van der Waals surface area contributed by atoms with Crippen molar-refractivity contribution in [3.8, 4) is 17.2 Å². The summed E-state index contributed by atoms with van der Waals surface area (Å²) >= 11 is 5.90. The van der Waals surface area contributed by atoms with E-state index in [9.17, 15) is 8.42 Å². The molecular weight excluding hydrogens is 366 g/mol. The summed E-state index contributed by atoms with van der Waals surface area (Å²) in [7, 11) is 0.780. The topological polar surface area (TPSA) is 73.9 Å². The monoisotopic (exact) mass is 385 g/mol. The highest BCUT2D eigenvalue weighted by atomic mass is 35.5. The zero-order chi connectivity index (χ0) is 18.4. The minimum Gasteiger partial charge on any atom is -0.495 e. The van der Waals surface area contributed by atoms with E-state index in [1.54, 1.807) is 26.4 Å². The Kier molecular flexibility index (Phi) is 6.52. The van der Waals surface area contributed by atoms with Crippen LogP contribution in [0, 0.1) is 0 Å². The molecule has 25 heavy (non-hydrogen) atoms. The molecule has 0 unspecified atom stereocenters. The highest BCUT2D eigenvalue weighted by molar-refractivity contribution is 7.89. The van der Waals surface area contributed by atoms with Gasteiger partial charge in [-0.05, 0) is 42.3 Å². The Labute approximate surface area is 152 Å². The molecule has 0 bridgehead atoms. The average Bonchev–Trinajstić information content (AvgIpc) is 2.61. The lowest BCUT2D eigenvalue weighted by Crippen LogP contribution is -2.26. The number of hydrogen-bond donors (Lipinski definition) is 1. The molecule has 0 aliphatic rings. The molecule has 2 aromatic rings. The second kappa shape index (κ2) is 8.42. The van der Waals surface area contributed by atoms with E-state index in [-0.39, 0.29) is 17.2 Å². The van der Waals surface area contributed by atoms with Gasteiger partial charge in [0, 0.05) is 11.6 Å². The Bertz CT molecular complexity index is 839. The first-order valence-corrected chi connectivity index (χ1v) is 9.31. The largest absolute Gasteiger partial charge is 0.495 e. The van der Waals surface area contributed by atoms with Crippen molar-refractivity contribution in [2.24, 2.45) is 0 Å². The third kappa shape index (κ3) is 4.78. The van der Waals surface area contributed by atoms with Gasteiger partial charge >= 0.3 is 0 Å². The number of hydrogen-bond acceptors (Lipinski definition) is 5. The highest BCUT2D eigenvalue weighted by Gasteiger charge is 2.19. The van der Waals surface area contributed by atoms with Crippen LogP contribution in [0.25, 0.3) is 0 Å². The van der Waals surface area contributed by atoms with Crippen LogP contribution in [0.2, 0.25) is 5.02 Å². The lowest BCUT2D eigenvalue weighted by Gasteiger charge is -2.12. The minimum absolute atomic E-state index is 0.00908. The van der Waals surface area contributed by atoms with Crippen LogP contribution >= 0.6 is 11.6 Å². The fourth-order valence-corrected chi connectivity index (χ4v) is 3.77. The Morgan fingerprint density at radius 1 is 0.920 bits per heavy atom. The number of sulfonamides is 1. The number of nitrogens with one attached hydrogen (secondary N) is 1. The van der Waals surface area contributed by atoms with Crippen molar-refractivity contribution in [3.63, 3.8) is 0 Å². The number of rotatable bonds is 8. The van der Waals surface area contributed by atoms with Gasteiger partial charge in [-0.25, -0.2) is 13.1 Å². The van der Waals surface area contributed by atoms with Crippen LogP contribution in [0.4, 0.5) is 0 Å². The molecule has 1 N–H and O–H groups in total.